The monoisotopic (exact) mass is 274 g/mol. The fourth-order valence-electron chi connectivity index (χ4n) is 2.38. The molecular formula is C16H18O4. The highest BCUT2D eigenvalue weighted by molar-refractivity contribution is 6.21. The molecule has 0 aromatic heterocycles. The van der Waals surface area contributed by atoms with Crippen LogP contribution in [0.5, 0.6) is 0 Å². The third-order valence-corrected chi connectivity index (χ3v) is 3.53. The maximum absolute atomic E-state index is 12.6. The predicted octanol–water partition coefficient (Wildman–Crippen LogP) is 2.90. The van der Waals surface area contributed by atoms with Gasteiger partial charge in [-0.1, -0.05) is 37.3 Å². The highest BCUT2D eigenvalue weighted by Gasteiger charge is 2.45. The van der Waals surface area contributed by atoms with E-state index >= 15 is 0 Å². The van der Waals surface area contributed by atoms with Crippen molar-refractivity contribution in [1.82, 2.24) is 0 Å². The van der Waals surface area contributed by atoms with Crippen LogP contribution in [0.2, 0.25) is 0 Å². The molecule has 4 heteroatoms. The zero-order chi connectivity index (χ0) is 14.9. The molecule has 1 aliphatic rings. The van der Waals surface area contributed by atoms with Crippen molar-refractivity contribution in [3.05, 3.63) is 47.2 Å². The Bertz CT molecular complexity index is 569. The topological polar surface area (TPSA) is 63.6 Å². The van der Waals surface area contributed by atoms with Crippen LogP contribution in [0.15, 0.2) is 41.7 Å². The SMILES string of the molecule is CCC(C(=O)C1=C(O)C(C)(C)OC1=O)c1ccccc1. The van der Waals surface area contributed by atoms with Gasteiger partial charge < -0.3 is 9.84 Å². The molecule has 0 fully saturated rings. The van der Waals surface area contributed by atoms with Gasteiger partial charge in [0.25, 0.3) is 0 Å². The van der Waals surface area contributed by atoms with Crippen molar-refractivity contribution in [3.8, 4) is 0 Å². The summed E-state index contributed by atoms with van der Waals surface area (Å²) >= 11 is 0. The van der Waals surface area contributed by atoms with Gasteiger partial charge in [0.2, 0.25) is 0 Å². The van der Waals surface area contributed by atoms with Crippen LogP contribution in [0.4, 0.5) is 0 Å². The molecule has 0 saturated heterocycles. The van der Waals surface area contributed by atoms with E-state index in [0.29, 0.717) is 6.42 Å². The Morgan fingerprint density at radius 3 is 2.35 bits per heavy atom. The number of carbonyl (C=O) groups excluding carboxylic acids is 2. The van der Waals surface area contributed by atoms with Gasteiger partial charge in [-0.2, -0.15) is 0 Å². The van der Waals surface area contributed by atoms with Crippen molar-refractivity contribution < 1.29 is 19.4 Å². The predicted molar refractivity (Wildman–Crippen MR) is 74.3 cm³/mol. The Balaban J connectivity index is 2.40. The third kappa shape index (κ3) is 2.33. The molecule has 1 unspecified atom stereocenters. The second kappa shape index (κ2) is 5.12. The number of rotatable bonds is 4. The lowest BCUT2D eigenvalue weighted by atomic mass is 9.87. The molecular weight excluding hydrogens is 256 g/mol. The van der Waals surface area contributed by atoms with Gasteiger partial charge in [-0.15, -0.1) is 0 Å². The fraction of sp³-hybridized carbons (Fsp3) is 0.375. The summed E-state index contributed by atoms with van der Waals surface area (Å²) in [6.07, 6.45) is 0.549. The summed E-state index contributed by atoms with van der Waals surface area (Å²) in [4.78, 5) is 24.4. The minimum absolute atomic E-state index is 0.217. The molecule has 1 aromatic rings. The molecule has 0 amide bonds. The van der Waals surface area contributed by atoms with E-state index in [1.807, 2.05) is 37.3 Å². The molecule has 0 radical (unpaired) electrons. The van der Waals surface area contributed by atoms with E-state index in [2.05, 4.69) is 0 Å². The molecule has 106 valence electrons. The minimum Gasteiger partial charge on any atom is -0.507 e. The summed E-state index contributed by atoms with van der Waals surface area (Å²) in [5.41, 5.74) is -0.514. The van der Waals surface area contributed by atoms with Gasteiger partial charge in [-0.05, 0) is 25.8 Å². The van der Waals surface area contributed by atoms with E-state index in [-0.39, 0.29) is 17.1 Å². The standard InChI is InChI=1S/C16H18O4/c1-4-11(10-8-6-5-7-9-10)13(17)12-14(18)16(2,3)20-15(12)19/h5-9,11,18H,4H2,1-3H3. The van der Waals surface area contributed by atoms with E-state index in [0.717, 1.165) is 5.56 Å². The van der Waals surface area contributed by atoms with Crippen LogP contribution >= 0.6 is 0 Å². The molecule has 2 rings (SSSR count). The first-order chi connectivity index (χ1) is 9.38. The largest absolute Gasteiger partial charge is 0.507 e. The first kappa shape index (κ1) is 14.3. The normalized spacial score (nSPS) is 18.9. The van der Waals surface area contributed by atoms with Gasteiger partial charge in [-0.3, -0.25) is 4.79 Å². The third-order valence-electron chi connectivity index (χ3n) is 3.53. The van der Waals surface area contributed by atoms with Crippen molar-refractivity contribution in [1.29, 1.82) is 0 Å². The average Bonchev–Trinajstić information content (AvgIpc) is 2.60. The van der Waals surface area contributed by atoms with Crippen molar-refractivity contribution in [2.75, 3.05) is 0 Å². The van der Waals surface area contributed by atoms with Gasteiger partial charge in [0, 0.05) is 5.92 Å². The smallest absolute Gasteiger partial charge is 0.346 e. The summed E-state index contributed by atoms with van der Waals surface area (Å²) in [7, 11) is 0. The number of aliphatic hydroxyl groups excluding tert-OH is 1. The zero-order valence-electron chi connectivity index (χ0n) is 11.8. The second-order valence-corrected chi connectivity index (χ2v) is 5.36. The van der Waals surface area contributed by atoms with Gasteiger partial charge >= 0.3 is 5.97 Å². The average molecular weight is 274 g/mol. The van der Waals surface area contributed by atoms with Crippen molar-refractivity contribution in [2.45, 2.75) is 38.7 Å². The van der Waals surface area contributed by atoms with E-state index in [4.69, 9.17) is 4.74 Å². The number of cyclic esters (lactones) is 1. The summed E-state index contributed by atoms with van der Waals surface area (Å²) in [5.74, 6) is -1.85. The molecule has 1 aromatic carbocycles. The summed E-state index contributed by atoms with van der Waals surface area (Å²) in [6.45, 7) is 4.99. The number of esters is 1. The van der Waals surface area contributed by atoms with Crippen LogP contribution in [0.1, 0.15) is 38.7 Å². The maximum Gasteiger partial charge on any atom is 0.346 e. The van der Waals surface area contributed by atoms with E-state index < -0.39 is 17.5 Å². The number of benzene rings is 1. The Morgan fingerprint density at radius 1 is 1.30 bits per heavy atom. The van der Waals surface area contributed by atoms with E-state index in [1.54, 1.807) is 13.8 Å². The minimum atomic E-state index is -1.13. The fourth-order valence-corrected chi connectivity index (χ4v) is 2.38. The lowest BCUT2D eigenvalue weighted by Crippen LogP contribution is -2.22. The quantitative estimate of drug-likeness (QED) is 0.677. The molecule has 0 bridgehead atoms. The lowest BCUT2D eigenvalue weighted by molar-refractivity contribution is -0.146. The van der Waals surface area contributed by atoms with Crippen LogP contribution in [0.25, 0.3) is 0 Å². The number of hydrogen-bond donors (Lipinski definition) is 1. The van der Waals surface area contributed by atoms with Crippen LogP contribution in [-0.4, -0.2) is 22.5 Å². The Labute approximate surface area is 118 Å². The Kier molecular flexibility index (Phi) is 3.66. The van der Waals surface area contributed by atoms with E-state index in [1.165, 1.54) is 0 Å². The summed E-state index contributed by atoms with van der Waals surface area (Å²) in [6, 6.07) is 9.24. The summed E-state index contributed by atoms with van der Waals surface area (Å²) < 4.78 is 5.04. The number of ether oxygens (including phenoxy) is 1. The number of ketones is 1. The molecule has 1 aliphatic heterocycles. The molecule has 0 spiro atoms. The van der Waals surface area contributed by atoms with Crippen molar-refractivity contribution in [3.63, 3.8) is 0 Å². The Morgan fingerprint density at radius 2 is 1.90 bits per heavy atom. The second-order valence-electron chi connectivity index (χ2n) is 5.36. The first-order valence-corrected chi connectivity index (χ1v) is 6.64. The maximum atomic E-state index is 12.6. The number of hydrogen-bond acceptors (Lipinski definition) is 4. The van der Waals surface area contributed by atoms with Crippen LogP contribution in [-0.2, 0) is 14.3 Å². The van der Waals surface area contributed by atoms with Crippen LogP contribution in [0, 0.1) is 0 Å². The molecule has 1 heterocycles. The Hall–Kier alpha value is -2.10. The summed E-state index contributed by atoms with van der Waals surface area (Å²) in [5, 5.41) is 10.1. The van der Waals surface area contributed by atoms with Crippen molar-refractivity contribution >= 4 is 11.8 Å². The molecule has 1 N–H and O–H groups in total. The molecule has 0 saturated carbocycles. The number of carbonyl (C=O) groups is 2. The van der Waals surface area contributed by atoms with Gasteiger partial charge in [0.05, 0.1) is 0 Å². The van der Waals surface area contributed by atoms with Crippen molar-refractivity contribution in [2.24, 2.45) is 0 Å². The van der Waals surface area contributed by atoms with Gasteiger partial charge in [-0.25, -0.2) is 4.79 Å². The van der Waals surface area contributed by atoms with Gasteiger partial charge in [0.1, 0.15) is 5.57 Å². The molecule has 0 aliphatic carbocycles. The van der Waals surface area contributed by atoms with Crippen LogP contribution in [0.3, 0.4) is 0 Å². The molecule has 20 heavy (non-hydrogen) atoms. The lowest BCUT2D eigenvalue weighted by Gasteiger charge is -2.16. The van der Waals surface area contributed by atoms with Gasteiger partial charge in [0.15, 0.2) is 17.1 Å². The molecule has 1 atom stereocenters. The first-order valence-electron chi connectivity index (χ1n) is 6.64. The van der Waals surface area contributed by atoms with E-state index in [9.17, 15) is 14.7 Å². The highest BCUT2D eigenvalue weighted by Crippen LogP contribution is 2.34. The molecule has 4 nitrogen and oxygen atoms in total. The zero-order valence-corrected chi connectivity index (χ0v) is 11.8. The van der Waals surface area contributed by atoms with Crippen LogP contribution < -0.4 is 0 Å². The number of aliphatic hydroxyl groups is 1. The number of Topliss-reactive ketones (excluding diaryl/α,β-unsaturated/α-hetero) is 1. The highest BCUT2D eigenvalue weighted by atomic mass is 16.6.